The Balaban J connectivity index is 1.38. The van der Waals surface area contributed by atoms with Gasteiger partial charge in [0, 0.05) is 81.8 Å². The molecule has 0 radical (unpaired) electrons. The van der Waals surface area contributed by atoms with Gasteiger partial charge in [-0.1, -0.05) is 0 Å². The number of carbonyl (C=O) groups is 1. The molecule has 1 fully saturated rings. The van der Waals surface area contributed by atoms with Gasteiger partial charge in [-0.2, -0.15) is 13.2 Å². The topological polar surface area (TPSA) is 69.9 Å². The molecule has 0 unspecified atom stereocenters. The molecule has 4 aromatic rings. The minimum absolute atomic E-state index is 0.00542. The largest absolute Gasteiger partial charge is 0.417 e. The van der Waals surface area contributed by atoms with Gasteiger partial charge in [-0.3, -0.25) is 9.38 Å². The zero-order valence-corrected chi connectivity index (χ0v) is 19.8. The van der Waals surface area contributed by atoms with Crippen LogP contribution >= 0.6 is 0 Å². The second-order valence-corrected chi connectivity index (χ2v) is 8.81. The normalized spacial score (nSPS) is 14.4. The van der Waals surface area contributed by atoms with Crippen molar-refractivity contribution in [3.05, 3.63) is 66.9 Å². The van der Waals surface area contributed by atoms with Crippen molar-refractivity contribution in [2.45, 2.75) is 6.18 Å². The molecule has 1 saturated heterocycles. The van der Waals surface area contributed by atoms with E-state index >= 15 is 0 Å². The summed E-state index contributed by atoms with van der Waals surface area (Å²) in [6.07, 6.45) is 2.99. The molecule has 0 spiro atoms. The number of alkyl halides is 3. The Labute approximate surface area is 205 Å². The van der Waals surface area contributed by atoms with Crippen LogP contribution in [-0.4, -0.2) is 75.5 Å². The van der Waals surface area contributed by atoms with E-state index in [-0.39, 0.29) is 6.03 Å². The van der Waals surface area contributed by atoms with Crippen molar-refractivity contribution in [2.24, 2.45) is 0 Å². The third-order valence-electron chi connectivity index (χ3n) is 6.20. The number of pyridine rings is 3. The highest BCUT2D eigenvalue weighted by Gasteiger charge is 2.31. The summed E-state index contributed by atoms with van der Waals surface area (Å²) in [6, 6.07) is 8.46. The van der Waals surface area contributed by atoms with E-state index in [4.69, 9.17) is 0 Å². The van der Waals surface area contributed by atoms with E-state index in [1.54, 1.807) is 49.7 Å². The minimum atomic E-state index is -4.46. The van der Waals surface area contributed by atoms with Crippen LogP contribution in [0.5, 0.6) is 0 Å². The molecule has 1 aliphatic heterocycles. The van der Waals surface area contributed by atoms with Crippen molar-refractivity contribution in [3.8, 4) is 22.4 Å². The number of piperazine rings is 1. The van der Waals surface area contributed by atoms with E-state index in [1.165, 1.54) is 6.20 Å². The van der Waals surface area contributed by atoms with Crippen LogP contribution in [0.25, 0.3) is 28.0 Å². The van der Waals surface area contributed by atoms with Gasteiger partial charge in [0.15, 0.2) is 0 Å². The Morgan fingerprint density at radius 1 is 0.889 bits per heavy atom. The lowest BCUT2D eigenvalue weighted by atomic mass is 10.1. The summed E-state index contributed by atoms with van der Waals surface area (Å²) in [5.74, 6) is 0.820. The van der Waals surface area contributed by atoms with Crippen molar-refractivity contribution in [3.63, 3.8) is 0 Å². The zero-order valence-electron chi connectivity index (χ0n) is 19.8. The maximum absolute atomic E-state index is 13.1. The van der Waals surface area contributed by atoms with Crippen LogP contribution in [0, 0.1) is 0 Å². The van der Waals surface area contributed by atoms with Gasteiger partial charge in [0.1, 0.15) is 11.5 Å². The first-order chi connectivity index (χ1) is 17.2. The first-order valence-corrected chi connectivity index (χ1v) is 11.4. The molecule has 11 heteroatoms. The van der Waals surface area contributed by atoms with Crippen LogP contribution in [0.1, 0.15) is 5.56 Å². The Morgan fingerprint density at radius 3 is 2.31 bits per heavy atom. The number of hydrogen-bond donors (Lipinski definition) is 0. The molecule has 0 aromatic carbocycles. The number of fused-ring (bicyclic) bond motifs is 1. The smallest absolute Gasteiger partial charge is 0.353 e. The van der Waals surface area contributed by atoms with Crippen LogP contribution in [0.2, 0.25) is 0 Å². The summed E-state index contributed by atoms with van der Waals surface area (Å²) in [6.45, 7) is 2.63. The van der Waals surface area contributed by atoms with Crippen LogP contribution in [0.3, 0.4) is 0 Å². The molecule has 4 aromatic heterocycles. The Kier molecular flexibility index (Phi) is 5.99. The molecular formula is C25H24F3N7O. The summed E-state index contributed by atoms with van der Waals surface area (Å²) in [7, 11) is 3.49. The summed E-state index contributed by atoms with van der Waals surface area (Å²) < 4.78 is 41.3. The second-order valence-electron chi connectivity index (χ2n) is 8.81. The highest BCUT2D eigenvalue weighted by atomic mass is 19.4. The van der Waals surface area contributed by atoms with Gasteiger partial charge in [-0.15, -0.1) is 0 Å². The number of rotatable bonds is 3. The van der Waals surface area contributed by atoms with Crippen molar-refractivity contribution >= 4 is 17.5 Å². The molecule has 2 amide bonds. The van der Waals surface area contributed by atoms with Gasteiger partial charge < -0.3 is 14.7 Å². The lowest BCUT2D eigenvalue weighted by molar-refractivity contribution is -0.137. The van der Waals surface area contributed by atoms with E-state index in [0.29, 0.717) is 43.0 Å². The van der Waals surface area contributed by atoms with E-state index < -0.39 is 11.7 Å². The average molecular weight is 496 g/mol. The number of nitrogens with zero attached hydrogens (tertiary/aromatic N) is 7. The Bertz CT molecular complexity index is 1390. The maximum atomic E-state index is 13.1. The number of anilines is 1. The molecule has 0 N–H and O–H groups in total. The Morgan fingerprint density at radius 2 is 1.64 bits per heavy atom. The number of urea groups is 1. The molecular weight excluding hydrogens is 471 g/mol. The number of amides is 2. The highest BCUT2D eigenvalue weighted by Crippen LogP contribution is 2.32. The number of imidazole rings is 1. The molecule has 5 rings (SSSR count). The SMILES string of the molecule is CN(C)C(=O)N1CCN(c2ccc(-c3cnc4ccc(-c5cncc(C(F)(F)F)c5)cn34)cn2)CC1. The van der Waals surface area contributed by atoms with Gasteiger partial charge in [0.25, 0.3) is 0 Å². The van der Waals surface area contributed by atoms with Crippen molar-refractivity contribution in [2.75, 3.05) is 45.2 Å². The lowest BCUT2D eigenvalue weighted by Crippen LogP contribution is -2.51. The first-order valence-electron chi connectivity index (χ1n) is 11.4. The van der Waals surface area contributed by atoms with Crippen molar-refractivity contribution in [1.29, 1.82) is 0 Å². The molecule has 0 atom stereocenters. The van der Waals surface area contributed by atoms with E-state index in [9.17, 15) is 18.0 Å². The van der Waals surface area contributed by atoms with Gasteiger partial charge in [-0.25, -0.2) is 14.8 Å². The van der Waals surface area contributed by atoms with Gasteiger partial charge in [0.05, 0.1) is 17.5 Å². The molecule has 0 aliphatic carbocycles. The third kappa shape index (κ3) is 4.56. The van der Waals surface area contributed by atoms with Gasteiger partial charge in [-0.05, 0) is 30.3 Å². The lowest BCUT2D eigenvalue weighted by Gasteiger charge is -2.36. The minimum Gasteiger partial charge on any atom is -0.353 e. The summed E-state index contributed by atoms with van der Waals surface area (Å²) >= 11 is 0. The van der Waals surface area contributed by atoms with E-state index in [1.807, 2.05) is 21.4 Å². The molecule has 186 valence electrons. The predicted octanol–water partition coefficient (Wildman–Crippen LogP) is 4.28. The summed E-state index contributed by atoms with van der Waals surface area (Å²) in [4.78, 5) is 30.5. The second kappa shape index (κ2) is 9.14. The quantitative estimate of drug-likeness (QED) is 0.424. The molecule has 0 bridgehead atoms. The third-order valence-corrected chi connectivity index (χ3v) is 6.20. The van der Waals surface area contributed by atoms with Gasteiger partial charge in [0.2, 0.25) is 0 Å². The van der Waals surface area contributed by atoms with E-state index in [2.05, 4.69) is 19.9 Å². The number of halogens is 3. The maximum Gasteiger partial charge on any atom is 0.417 e. The predicted molar refractivity (Wildman–Crippen MR) is 130 cm³/mol. The summed E-state index contributed by atoms with van der Waals surface area (Å²) in [5.41, 5.74) is 2.43. The first kappa shape index (κ1) is 23.6. The van der Waals surface area contributed by atoms with Gasteiger partial charge >= 0.3 is 12.2 Å². The summed E-state index contributed by atoms with van der Waals surface area (Å²) in [5, 5.41) is 0. The van der Waals surface area contributed by atoms with Crippen LogP contribution < -0.4 is 4.90 Å². The standard InChI is InChI=1S/C25H24F3N7O/c1-32(2)24(36)34-9-7-33(8-10-34)22-5-3-17(13-30-22)21-15-31-23-6-4-18(16-35(21)23)19-11-20(14-29-12-19)25(26,27)28/h3-6,11-16H,7-10H2,1-2H3. The molecule has 36 heavy (non-hydrogen) atoms. The zero-order chi connectivity index (χ0) is 25.4. The van der Waals surface area contributed by atoms with Crippen molar-refractivity contribution in [1.82, 2.24) is 29.2 Å². The Hall–Kier alpha value is -4.15. The number of aromatic nitrogens is 4. The fraction of sp³-hybridized carbons (Fsp3) is 0.280. The van der Waals surface area contributed by atoms with Crippen LogP contribution in [-0.2, 0) is 6.18 Å². The molecule has 1 aliphatic rings. The average Bonchev–Trinajstić information content (AvgIpc) is 3.31. The van der Waals surface area contributed by atoms with E-state index in [0.717, 1.165) is 29.3 Å². The molecule has 0 saturated carbocycles. The highest BCUT2D eigenvalue weighted by molar-refractivity contribution is 5.74. The van der Waals surface area contributed by atoms with Crippen LogP contribution in [0.15, 0.2) is 61.3 Å². The number of hydrogen-bond acceptors (Lipinski definition) is 5. The monoisotopic (exact) mass is 495 g/mol. The fourth-order valence-electron chi connectivity index (χ4n) is 4.25. The molecule has 8 nitrogen and oxygen atoms in total. The van der Waals surface area contributed by atoms with Crippen molar-refractivity contribution < 1.29 is 18.0 Å². The van der Waals surface area contributed by atoms with Crippen LogP contribution in [0.4, 0.5) is 23.8 Å². The number of carbonyl (C=O) groups excluding carboxylic acids is 1. The fourth-order valence-corrected chi connectivity index (χ4v) is 4.25. The molecule has 5 heterocycles.